The molecule has 0 saturated carbocycles. The van der Waals surface area contributed by atoms with Crippen molar-refractivity contribution in [3.63, 3.8) is 0 Å². The molecule has 0 N–H and O–H groups in total. The standard InChI is InChI=1S/C22H29N3O7S3/c1-2-32-18-3-6-20(7-4-18)34(27,28)24-11-9-23(10-12-24)21(26)17-19-5-8-22(33-19)35(29,30)25-13-15-31-16-14-25/h3-8H,2,9-17H2,1H3. The molecule has 35 heavy (non-hydrogen) atoms. The molecule has 13 heteroatoms. The molecule has 2 fully saturated rings. The molecule has 4 rings (SSSR count). The van der Waals surface area contributed by atoms with Crippen molar-refractivity contribution in [2.24, 2.45) is 0 Å². The van der Waals surface area contributed by atoms with E-state index in [0.29, 0.717) is 43.5 Å². The van der Waals surface area contributed by atoms with Gasteiger partial charge in [0.15, 0.2) is 0 Å². The molecule has 0 spiro atoms. The van der Waals surface area contributed by atoms with Crippen LogP contribution < -0.4 is 4.74 Å². The Morgan fingerprint density at radius 2 is 1.51 bits per heavy atom. The fourth-order valence-corrected chi connectivity index (χ4v) is 8.30. The largest absolute Gasteiger partial charge is 0.494 e. The van der Waals surface area contributed by atoms with E-state index in [1.54, 1.807) is 29.2 Å². The maximum absolute atomic E-state index is 13.0. The van der Waals surface area contributed by atoms with Gasteiger partial charge < -0.3 is 14.4 Å². The Labute approximate surface area is 210 Å². The minimum atomic E-state index is -3.66. The highest BCUT2D eigenvalue weighted by Crippen LogP contribution is 2.27. The summed E-state index contributed by atoms with van der Waals surface area (Å²) in [4.78, 5) is 15.3. The molecule has 1 amide bonds. The minimum absolute atomic E-state index is 0.0783. The van der Waals surface area contributed by atoms with E-state index in [2.05, 4.69) is 0 Å². The van der Waals surface area contributed by atoms with Crippen molar-refractivity contribution in [2.45, 2.75) is 22.4 Å². The first kappa shape index (κ1) is 26.0. The Hall–Kier alpha value is -2.03. The number of hydrogen-bond donors (Lipinski definition) is 0. The third-order valence-electron chi connectivity index (χ3n) is 5.89. The summed E-state index contributed by atoms with van der Waals surface area (Å²) in [7, 11) is -7.26. The molecule has 0 atom stereocenters. The number of hydrogen-bond acceptors (Lipinski definition) is 8. The van der Waals surface area contributed by atoms with E-state index in [0.717, 1.165) is 11.3 Å². The molecular formula is C22H29N3O7S3. The maximum atomic E-state index is 13.0. The smallest absolute Gasteiger partial charge is 0.252 e. The highest BCUT2D eigenvalue weighted by atomic mass is 32.2. The molecule has 2 saturated heterocycles. The van der Waals surface area contributed by atoms with Crippen LogP contribution in [0.5, 0.6) is 5.75 Å². The van der Waals surface area contributed by atoms with Gasteiger partial charge in [-0.2, -0.15) is 8.61 Å². The highest BCUT2D eigenvalue weighted by Gasteiger charge is 2.31. The number of sulfonamides is 2. The highest BCUT2D eigenvalue weighted by molar-refractivity contribution is 7.91. The Morgan fingerprint density at radius 1 is 0.886 bits per heavy atom. The zero-order chi connectivity index (χ0) is 25.1. The first-order chi connectivity index (χ1) is 16.7. The molecular weight excluding hydrogens is 514 g/mol. The number of amides is 1. The molecule has 0 radical (unpaired) electrons. The van der Waals surface area contributed by atoms with Crippen molar-refractivity contribution >= 4 is 37.3 Å². The molecule has 0 aliphatic carbocycles. The molecule has 0 bridgehead atoms. The van der Waals surface area contributed by atoms with Crippen molar-refractivity contribution in [2.75, 3.05) is 59.1 Å². The topological polar surface area (TPSA) is 114 Å². The van der Waals surface area contributed by atoms with Crippen LogP contribution in [0.25, 0.3) is 0 Å². The molecule has 192 valence electrons. The molecule has 1 aromatic heterocycles. The third-order valence-corrected chi connectivity index (χ3v) is 11.3. The first-order valence-corrected chi connectivity index (χ1v) is 15.1. The summed E-state index contributed by atoms with van der Waals surface area (Å²) in [6, 6.07) is 9.52. The number of benzene rings is 1. The van der Waals surface area contributed by atoms with E-state index in [-0.39, 0.29) is 47.6 Å². The number of nitrogens with zero attached hydrogens (tertiary/aromatic N) is 3. The van der Waals surface area contributed by atoms with Gasteiger partial charge in [0.25, 0.3) is 10.0 Å². The summed E-state index contributed by atoms with van der Waals surface area (Å²) < 4.78 is 65.1. The van der Waals surface area contributed by atoms with Crippen LogP contribution in [-0.2, 0) is 36.0 Å². The lowest BCUT2D eigenvalue weighted by molar-refractivity contribution is -0.131. The number of rotatable bonds is 8. The molecule has 0 unspecified atom stereocenters. The minimum Gasteiger partial charge on any atom is -0.494 e. The maximum Gasteiger partial charge on any atom is 0.252 e. The zero-order valence-electron chi connectivity index (χ0n) is 19.5. The lowest BCUT2D eigenvalue weighted by Crippen LogP contribution is -2.50. The van der Waals surface area contributed by atoms with Gasteiger partial charge in [-0.3, -0.25) is 4.79 Å². The summed E-state index contributed by atoms with van der Waals surface area (Å²) in [5.74, 6) is 0.455. The van der Waals surface area contributed by atoms with Crippen LogP contribution in [0, 0.1) is 0 Å². The second-order valence-electron chi connectivity index (χ2n) is 8.10. The lowest BCUT2D eigenvalue weighted by Gasteiger charge is -2.34. The van der Waals surface area contributed by atoms with Crippen LogP contribution in [0.15, 0.2) is 45.5 Å². The first-order valence-electron chi connectivity index (χ1n) is 11.4. The SMILES string of the molecule is CCOc1ccc(S(=O)(=O)N2CCN(C(=O)Cc3ccc(S(=O)(=O)N4CCOCC4)s3)CC2)cc1. The third kappa shape index (κ3) is 5.87. The molecule has 1 aromatic carbocycles. The fraction of sp³-hybridized carbons (Fsp3) is 0.500. The number of carbonyl (C=O) groups is 1. The average Bonchev–Trinajstić information content (AvgIpc) is 3.34. The zero-order valence-corrected chi connectivity index (χ0v) is 21.9. The van der Waals surface area contributed by atoms with Gasteiger partial charge in [0, 0.05) is 44.1 Å². The van der Waals surface area contributed by atoms with Gasteiger partial charge >= 0.3 is 0 Å². The van der Waals surface area contributed by atoms with E-state index in [9.17, 15) is 21.6 Å². The van der Waals surface area contributed by atoms with Crippen molar-refractivity contribution in [3.05, 3.63) is 41.3 Å². The van der Waals surface area contributed by atoms with E-state index >= 15 is 0 Å². The molecule has 2 aliphatic rings. The number of thiophene rings is 1. The van der Waals surface area contributed by atoms with Crippen molar-refractivity contribution in [1.82, 2.24) is 13.5 Å². The number of carbonyl (C=O) groups excluding carboxylic acids is 1. The van der Waals surface area contributed by atoms with Crippen molar-refractivity contribution < 1.29 is 31.1 Å². The summed E-state index contributed by atoms with van der Waals surface area (Å²) in [5, 5.41) is 0. The van der Waals surface area contributed by atoms with Crippen LogP contribution in [0.1, 0.15) is 11.8 Å². The van der Waals surface area contributed by atoms with Crippen LogP contribution in [-0.4, -0.2) is 95.3 Å². The van der Waals surface area contributed by atoms with Gasteiger partial charge in [-0.25, -0.2) is 16.8 Å². The van der Waals surface area contributed by atoms with Gasteiger partial charge in [-0.1, -0.05) is 0 Å². The monoisotopic (exact) mass is 543 g/mol. The summed E-state index contributed by atoms with van der Waals surface area (Å²) in [5.41, 5.74) is 0. The number of ether oxygens (including phenoxy) is 2. The molecule has 2 aromatic rings. The van der Waals surface area contributed by atoms with Gasteiger partial charge in [0.05, 0.1) is 31.1 Å². The van der Waals surface area contributed by atoms with Crippen molar-refractivity contribution in [1.29, 1.82) is 0 Å². The van der Waals surface area contributed by atoms with Gasteiger partial charge in [-0.05, 0) is 43.3 Å². The summed E-state index contributed by atoms with van der Waals surface area (Å²) in [6.07, 6.45) is 0.0783. The predicted octanol–water partition coefficient (Wildman–Crippen LogP) is 1.24. The second-order valence-corrected chi connectivity index (χ2v) is 13.4. The number of piperazine rings is 1. The quantitative estimate of drug-likeness (QED) is 0.492. The normalized spacial score (nSPS) is 18.5. The van der Waals surface area contributed by atoms with Gasteiger partial charge in [0.1, 0.15) is 9.96 Å². The molecule has 10 nitrogen and oxygen atoms in total. The fourth-order valence-electron chi connectivity index (χ4n) is 3.97. The van der Waals surface area contributed by atoms with Gasteiger partial charge in [0.2, 0.25) is 15.9 Å². The summed E-state index contributed by atoms with van der Waals surface area (Å²) in [6.45, 7) is 4.68. The predicted molar refractivity (Wildman–Crippen MR) is 131 cm³/mol. The molecule has 2 aliphatic heterocycles. The van der Waals surface area contributed by atoms with Crippen LogP contribution in [0.4, 0.5) is 0 Å². The van der Waals surface area contributed by atoms with E-state index in [1.807, 2.05) is 6.92 Å². The van der Waals surface area contributed by atoms with Crippen LogP contribution in [0.3, 0.4) is 0 Å². The van der Waals surface area contributed by atoms with E-state index in [4.69, 9.17) is 9.47 Å². The number of morpholine rings is 1. The van der Waals surface area contributed by atoms with Crippen LogP contribution >= 0.6 is 11.3 Å². The second kappa shape index (κ2) is 10.9. The Kier molecular flexibility index (Phi) is 8.13. The van der Waals surface area contributed by atoms with Gasteiger partial charge in [-0.15, -0.1) is 11.3 Å². The van der Waals surface area contributed by atoms with Crippen molar-refractivity contribution in [3.8, 4) is 5.75 Å². The Bertz CT molecular complexity index is 1230. The summed E-state index contributed by atoms with van der Waals surface area (Å²) >= 11 is 1.10. The lowest BCUT2D eigenvalue weighted by atomic mass is 10.3. The Balaban J connectivity index is 1.33. The molecule has 3 heterocycles. The van der Waals surface area contributed by atoms with E-state index in [1.165, 1.54) is 20.7 Å². The van der Waals surface area contributed by atoms with Crippen LogP contribution in [0.2, 0.25) is 0 Å². The van der Waals surface area contributed by atoms with E-state index < -0.39 is 20.0 Å². The Morgan fingerprint density at radius 3 is 2.14 bits per heavy atom. The average molecular weight is 544 g/mol.